The largest absolute Gasteiger partial charge is 0.0709 e. The van der Waals surface area contributed by atoms with Crippen LogP contribution >= 0.6 is 0 Å². The topological polar surface area (TPSA) is 0 Å². The monoisotopic (exact) mass is 244 g/mol. The van der Waals surface area contributed by atoms with Gasteiger partial charge in [0, 0.05) is 15.2 Å². The zero-order valence-corrected chi connectivity index (χ0v) is 14.7. The van der Waals surface area contributed by atoms with Gasteiger partial charge in [0.05, 0.1) is 0 Å². The molecule has 0 aliphatic carbocycles. The lowest BCUT2D eigenvalue weighted by molar-refractivity contribution is 0.726. The maximum absolute atomic E-state index is 2.67. The molecule has 0 aromatic carbocycles. The van der Waals surface area contributed by atoms with Crippen molar-refractivity contribution in [2.75, 3.05) is 0 Å². The minimum Gasteiger partial charge on any atom is -0.0709 e. The van der Waals surface area contributed by atoms with Crippen molar-refractivity contribution >= 4 is 15.2 Å². The lowest BCUT2D eigenvalue weighted by Gasteiger charge is -2.54. The molecule has 0 fully saturated rings. The zero-order chi connectivity index (χ0) is 12.7. The van der Waals surface area contributed by atoms with Crippen LogP contribution in [0.25, 0.3) is 0 Å². The SMILES string of the molecule is CC(C)[Si](C)(C(C)C)[Si](C)(C)C(C)(C)C. The summed E-state index contributed by atoms with van der Waals surface area (Å²) < 4.78 is 0. The molecule has 0 amide bonds. The average molecular weight is 245 g/mol. The van der Waals surface area contributed by atoms with Crippen LogP contribution in [0.3, 0.4) is 0 Å². The molecule has 0 radical (unpaired) electrons. The van der Waals surface area contributed by atoms with E-state index in [1.54, 1.807) is 0 Å². The first kappa shape index (κ1) is 15.4. The predicted molar refractivity (Wildman–Crippen MR) is 79.0 cm³/mol. The summed E-state index contributed by atoms with van der Waals surface area (Å²) in [7, 11) is -2.27. The van der Waals surface area contributed by atoms with Crippen LogP contribution < -0.4 is 0 Å². The molecular formula is C13H32Si2. The van der Waals surface area contributed by atoms with Gasteiger partial charge in [-0.15, -0.1) is 0 Å². The third-order valence-electron chi connectivity index (χ3n) is 5.62. The van der Waals surface area contributed by atoms with E-state index in [1.165, 1.54) is 0 Å². The summed E-state index contributed by atoms with van der Waals surface area (Å²) in [5.41, 5.74) is 1.83. The van der Waals surface area contributed by atoms with E-state index in [0.29, 0.717) is 5.04 Å². The molecule has 0 bridgehead atoms. The van der Waals surface area contributed by atoms with E-state index in [1.807, 2.05) is 0 Å². The first-order chi connectivity index (χ1) is 6.39. The van der Waals surface area contributed by atoms with Gasteiger partial charge in [0.15, 0.2) is 0 Å². The predicted octanol–water partition coefficient (Wildman–Crippen LogP) is 5.47. The second-order valence-electron chi connectivity index (χ2n) is 7.47. The molecule has 0 spiro atoms. The van der Waals surface area contributed by atoms with E-state index in [-0.39, 0.29) is 0 Å². The van der Waals surface area contributed by atoms with Crippen molar-refractivity contribution < 1.29 is 0 Å². The van der Waals surface area contributed by atoms with Crippen molar-refractivity contribution in [1.29, 1.82) is 0 Å². The van der Waals surface area contributed by atoms with E-state index in [4.69, 9.17) is 0 Å². The Morgan fingerprint density at radius 1 is 0.733 bits per heavy atom. The van der Waals surface area contributed by atoms with Crippen LogP contribution in [-0.4, -0.2) is 15.2 Å². The van der Waals surface area contributed by atoms with Crippen LogP contribution in [0.5, 0.6) is 0 Å². The van der Waals surface area contributed by atoms with Crippen molar-refractivity contribution in [1.82, 2.24) is 0 Å². The zero-order valence-electron chi connectivity index (χ0n) is 12.7. The lowest BCUT2D eigenvalue weighted by atomic mass is 10.2. The van der Waals surface area contributed by atoms with Gasteiger partial charge in [-0.3, -0.25) is 0 Å². The fourth-order valence-corrected chi connectivity index (χ4v) is 22.3. The van der Waals surface area contributed by atoms with Crippen LogP contribution in [0, 0.1) is 0 Å². The molecule has 2 heteroatoms. The second kappa shape index (κ2) is 4.36. The minimum atomic E-state index is -1.15. The Morgan fingerprint density at radius 2 is 1.00 bits per heavy atom. The molecule has 0 atom stereocenters. The summed E-state index contributed by atoms with van der Waals surface area (Å²) in [5, 5.41) is 0.544. The number of hydrogen-bond donors (Lipinski definition) is 0. The van der Waals surface area contributed by atoms with Crippen LogP contribution in [0.15, 0.2) is 0 Å². The Balaban J connectivity index is 5.46. The Morgan fingerprint density at radius 3 is 1.07 bits per heavy atom. The Bertz CT molecular complexity index is 201. The maximum atomic E-state index is 2.67. The normalized spacial score (nSPS) is 15.2. The summed E-state index contributed by atoms with van der Waals surface area (Å²) in [5.74, 6) is 0. The summed E-state index contributed by atoms with van der Waals surface area (Å²) in [4.78, 5) is 0. The van der Waals surface area contributed by atoms with Gasteiger partial charge in [0.1, 0.15) is 0 Å². The van der Waals surface area contributed by atoms with Crippen molar-refractivity contribution in [3.8, 4) is 0 Å². The highest BCUT2D eigenvalue weighted by atomic mass is 29.3. The third kappa shape index (κ3) is 2.41. The quantitative estimate of drug-likeness (QED) is 0.577. The molecule has 0 unspecified atom stereocenters. The highest BCUT2D eigenvalue weighted by molar-refractivity contribution is 7.43. The van der Waals surface area contributed by atoms with Crippen LogP contribution in [0.4, 0.5) is 0 Å². The van der Waals surface area contributed by atoms with Gasteiger partial charge in [0.25, 0.3) is 0 Å². The molecule has 0 heterocycles. The molecule has 0 rings (SSSR count). The molecule has 0 aliphatic rings. The van der Waals surface area contributed by atoms with Gasteiger partial charge in [0.2, 0.25) is 0 Å². The van der Waals surface area contributed by atoms with E-state index in [9.17, 15) is 0 Å². The standard InChI is InChI=1S/C13H32Si2/c1-11(2)15(10,12(3)4)14(8,9)13(5,6)7/h11-12H,1-10H3. The van der Waals surface area contributed by atoms with Crippen molar-refractivity contribution in [2.45, 2.75) is 84.2 Å². The fraction of sp³-hybridized carbons (Fsp3) is 1.00. The summed E-state index contributed by atoms with van der Waals surface area (Å²) >= 11 is 0. The van der Waals surface area contributed by atoms with Crippen molar-refractivity contribution in [3.05, 3.63) is 0 Å². The van der Waals surface area contributed by atoms with Gasteiger partial charge in [-0.05, 0) is 5.04 Å². The van der Waals surface area contributed by atoms with E-state index < -0.39 is 15.2 Å². The Kier molecular flexibility index (Phi) is 4.49. The molecule has 0 saturated carbocycles. The van der Waals surface area contributed by atoms with Gasteiger partial charge in [-0.2, -0.15) is 0 Å². The number of rotatable bonds is 3. The summed E-state index contributed by atoms with van der Waals surface area (Å²) in [6.07, 6.45) is 0. The summed E-state index contributed by atoms with van der Waals surface area (Å²) in [6.45, 7) is 25.2. The molecular weight excluding hydrogens is 212 g/mol. The first-order valence-electron chi connectivity index (χ1n) is 6.39. The van der Waals surface area contributed by atoms with Crippen LogP contribution in [-0.2, 0) is 0 Å². The van der Waals surface area contributed by atoms with Gasteiger partial charge in [-0.25, -0.2) is 0 Å². The van der Waals surface area contributed by atoms with Gasteiger partial charge >= 0.3 is 0 Å². The maximum Gasteiger partial charge on any atom is 0.0498 e. The fourth-order valence-electron chi connectivity index (χ4n) is 2.92. The van der Waals surface area contributed by atoms with E-state index in [0.717, 1.165) is 11.1 Å². The highest BCUT2D eigenvalue weighted by Gasteiger charge is 2.54. The average Bonchev–Trinajstić information content (AvgIpc) is 1.99. The minimum absolute atomic E-state index is 0.544. The first-order valence-corrected chi connectivity index (χ1v) is 13.0. The molecule has 92 valence electrons. The number of hydrogen-bond acceptors (Lipinski definition) is 0. The smallest absolute Gasteiger partial charge is 0.0498 e. The molecule has 0 nitrogen and oxygen atoms in total. The Hall–Kier alpha value is 0.434. The highest BCUT2D eigenvalue weighted by Crippen LogP contribution is 2.50. The van der Waals surface area contributed by atoms with Crippen LogP contribution in [0.1, 0.15) is 48.5 Å². The molecule has 0 saturated heterocycles. The van der Waals surface area contributed by atoms with E-state index >= 15 is 0 Å². The van der Waals surface area contributed by atoms with E-state index in [2.05, 4.69) is 68.1 Å². The molecule has 0 N–H and O–H groups in total. The molecule has 0 aromatic rings. The van der Waals surface area contributed by atoms with Crippen molar-refractivity contribution in [3.63, 3.8) is 0 Å². The van der Waals surface area contributed by atoms with Crippen molar-refractivity contribution in [2.24, 2.45) is 0 Å². The summed E-state index contributed by atoms with van der Waals surface area (Å²) in [6, 6.07) is 0. The Labute approximate surface area is 99.7 Å². The second-order valence-corrected chi connectivity index (χ2v) is 24.1. The van der Waals surface area contributed by atoms with Crippen LogP contribution in [0.2, 0.25) is 35.8 Å². The molecule has 0 aromatic heterocycles. The van der Waals surface area contributed by atoms with Gasteiger partial charge < -0.3 is 0 Å². The molecule has 15 heavy (non-hydrogen) atoms. The molecule has 0 aliphatic heterocycles. The third-order valence-corrected chi connectivity index (χ3v) is 30.7. The van der Waals surface area contributed by atoms with Gasteiger partial charge in [-0.1, -0.05) is 79.2 Å². The lowest BCUT2D eigenvalue weighted by Crippen LogP contribution is -2.65.